The van der Waals surface area contributed by atoms with Crippen molar-refractivity contribution in [2.24, 2.45) is 5.73 Å². The molecule has 0 unspecified atom stereocenters. The van der Waals surface area contributed by atoms with E-state index in [9.17, 15) is 4.79 Å². The van der Waals surface area contributed by atoms with E-state index in [1.807, 2.05) is 0 Å². The minimum Gasteiger partial charge on any atom is -0.397 e. The largest absolute Gasteiger partial charge is 0.397 e. The lowest BCUT2D eigenvalue weighted by atomic mass is 10.1. The van der Waals surface area contributed by atoms with Crippen LogP contribution in [0, 0.1) is 0 Å². The molecule has 4 nitrogen and oxygen atoms in total. The van der Waals surface area contributed by atoms with Crippen LogP contribution in [0.25, 0.3) is 0 Å². The normalized spacial score (nSPS) is 15.1. The van der Waals surface area contributed by atoms with Gasteiger partial charge in [-0.1, -0.05) is 13.8 Å². The number of primary amides is 1. The number of anilines is 2. The van der Waals surface area contributed by atoms with Crippen LogP contribution >= 0.6 is 11.3 Å². The number of rotatable bonds is 6. The molecule has 1 aromatic rings. The third-order valence-electron chi connectivity index (χ3n) is 3.51. The fourth-order valence-electron chi connectivity index (χ4n) is 2.20. The van der Waals surface area contributed by atoms with E-state index in [2.05, 4.69) is 19.2 Å². The SMILES string of the molecule is CCC(CC)Nc1sc(C(N)=O)c(N)c1C1CC1. The van der Waals surface area contributed by atoms with Crippen molar-refractivity contribution < 1.29 is 4.79 Å². The number of hydrogen-bond donors (Lipinski definition) is 3. The Morgan fingerprint density at radius 1 is 1.44 bits per heavy atom. The second-order valence-electron chi connectivity index (χ2n) is 4.88. The number of nitrogens with one attached hydrogen (secondary N) is 1. The second kappa shape index (κ2) is 5.18. The predicted octanol–water partition coefficient (Wildman–Crippen LogP) is 2.91. The Morgan fingerprint density at radius 3 is 2.50 bits per heavy atom. The van der Waals surface area contributed by atoms with E-state index >= 15 is 0 Å². The van der Waals surface area contributed by atoms with Gasteiger partial charge in [-0.3, -0.25) is 4.79 Å². The van der Waals surface area contributed by atoms with Crippen LogP contribution in [-0.2, 0) is 0 Å². The summed E-state index contributed by atoms with van der Waals surface area (Å²) in [6, 6.07) is 0.432. The van der Waals surface area contributed by atoms with Gasteiger partial charge >= 0.3 is 0 Å². The zero-order valence-corrected chi connectivity index (χ0v) is 11.8. The molecule has 1 saturated carbocycles. The van der Waals surface area contributed by atoms with Crippen molar-refractivity contribution in [3.8, 4) is 0 Å². The van der Waals surface area contributed by atoms with Crippen molar-refractivity contribution >= 4 is 27.9 Å². The van der Waals surface area contributed by atoms with Gasteiger partial charge in [0, 0.05) is 11.6 Å². The van der Waals surface area contributed by atoms with Gasteiger partial charge in [0.15, 0.2) is 0 Å². The van der Waals surface area contributed by atoms with Crippen LogP contribution in [0.1, 0.15) is 60.7 Å². The van der Waals surface area contributed by atoms with Gasteiger partial charge in [0.05, 0.1) is 10.7 Å². The van der Waals surface area contributed by atoms with Crippen LogP contribution in [0.5, 0.6) is 0 Å². The summed E-state index contributed by atoms with van der Waals surface area (Å²) in [5.41, 5.74) is 13.2. The Balaban J connectivity index is 2.33. The first-order valence-corrected chi connectivity index (χ1v) is 7.38. The minimum atomic E-state index is -0.419. The zero-order chi connectivity index (χ0) is 13.3. The summed E-state index contributed by atoms with van der Waals surface area (Å²) >= 11 is 1.41. The Hall–Kier alpha value is -1.23. The van der Waals surface area contributed by atoms with Crippen LogP contribution in [-0.4, -0.2) is 11.9 Å². The summed E-state index contributed by atoms with van der Waals surface area (Å²) in [4.78, 5) is 11.9. The molecule has 0 bridgehead atoms. The molecule has 0 aromatic carbocycles. The highest BCUT2D eigenvalue weighted by Crippen LogP contribution is 2.50. The number of amides is 1. The molecule has 5 N–H and O–H groups in total. The summed E-state index contributed by atoms with van der Waals surface area (Å²) in [6.07, 6.45) is 4.45. The van der Waals surface area contributed by atoms with Gasteiger partial charge in [0.2, 0.25) is 0 Å². The summed E-state index contributed by atoms with van der Waals surface area (Å²) in [5.74, 6) is 0.100. The molecule has 0 aliphatic heterocycles. The smallest absolute Gasteiger partial charge is 0.260 e. The molecule has 0 radical (unpaired) electrons. The summed E-state index contributed by atoms with van der Waals surface area (Å²) in [6.45, 7) is 4.31. The number of nitrogen functional groups attached to an aromatic ring is 1. The average molecular weight is 267 g/mol. The molecule has 1 aliphatic carbocycles. The van der Waals surface area contributed by atoms with E-state index in [0.29, 0.717) is 22.5 Å². The lowest BCUT2D eigenvalue weighted by Gasteiger charge is -2.16. The molecule has 1 amide bonds. The highest BCUT2D eigenvalue weighted by molar-refractivity contribution is 7.18. The van der Waals surface area contributed by atoms with Gasteiger partial charge in [-0.25, -0.2) is 0 Å². The molecule has 0 atom stereocenters. The molecule has 5 heteroatoms. The lowest BCUT2D eigenvalue weighted by molar-refractivity contribution is 0.100. The monoisotopic (exact) mass is 267 g/mol. The van der Waals surface area contributed by atoms with E-state index in [4.69, 9.17) is 11.5 Å². The number of carbonyl (C=O) groups excluding carboxylic acids is 1. The summed E-state index contributed by atoms with van der Waals surface area (Å²) in [7, 11) is 0. The van der Waals surface area contributed by atoms with Gasteiger partial charge in [-0.15, -0.1) is 11.3 Å². The highest BCUT2D eigenvalue weighted by atomic mass is 32.1. The first kappa shape index (κ1) is 13.2. The molecule has 1 aliphatic rings. The van der Waals surface area contributed by atoms with Gasteiger partial charge < -0.3 is 16.8 Å². The Bertz CT molecular complexity index is 447. The maximum atomic E-state index is 11.4. The standard InChI is InChI=1S/C13H21N3OS/c1-3-8(4-2)16-13-9(7-5-6-7)10(14)11(18-13)12(15)17/h7-8,16H,3-6,14H2,1-2H3,(H2,15,17). The van der Waals surface area contributed by atoms with Crippen LogP contribution in [0.2, 0.25) is 0 Å². The Labute approximate surface area is 112 Å². The Kier molecular flexibility index (Phi) is 3.80. The van der Waals surface area contributed by atoms with Gasteiger partial charge in [-0.2, -0.15) is 0 Å². The second-order valence-corrected chi connectivity index (χ2v) is 5.90. The minimum absolute atomic E-state index is 0.419. The van der Waals surface area contributed by atoms with Crippen LogP contribution in [0.15, 0.2) is 0 Å². The third-order valence-corrected chi connectivity index (χ3v) is 4.68. The molecule has 0 saturated heterocycles. The molecule has 100 valence electrons. The van der Waals surface area contributed by atoms with Crippen molar-refractivity contribution in [2.75, 3.05) is 11.1 Å². The molecular weight excluding hydrogens is 246 g/mol. The van der Waals surface area contributed by atoms with E-state index < -0.39 is 5.91 Å². The number of hydrogen-bond acceptors (Lipinski definition) is 4. The molecular formula is C13H21N3OS. The van der Waals surface area contributed by atoms with E-state index in [1.54, 1.807) is 0 Å². The summed E-state index contributed by atoms with van der Waals surface area (Å²) in [5, 5.41) is 4.57. The van der Waals surface area contributed by atoms with E-state index in [-0.39, 0.29) is 0 Å². The maximum Gasteiger partial charge on any atom is 0.260 e. The lowest BCUT2D eigenvalue weighted by Crippen LogP contribution is -2.16. The van der Waals surface area contributed by atoms with Crippen molar-refractivity contribution in [2.45, 2.75) is 51.5 Å². The first-order chi connectivity index (χ1) is 8.58. The maximum absolute atomic E-state index is 11.4. The van der Waals surface area contributed by atoms with Gasteiger partial charge in [0.25, 0.3) is 5.91 Å². The summed E-state index contributed by atoms with van der Waals surface area (Å²) < 4.78 is 0. The molecule has 2 rings (SSSR count). The molecule has 18 heavy (non-hydrogen) atoms. The fourth-order valence-corrected chi connectivity index (χ4v) is 3.34. The van der Waals surface area contributed by atoms with Crippen LogP contribution in [0.4, 0.5) is 10.7 Å². The third kappa shape index (κ3) is 2.46. The van der Waals surface area contributed by atoms with Crippen LogP contribution in [0.3, 0.4) is 0 Å². The van der Waals surface area contributed by atoms with Crippen molar-refractivity contribution in [3.05, 3.63) is 10.4 Å². The van der Waals surface area contributed by atoms with Gasteiger partial charge in [0.1, 0.15) is 4.88 Å². The topological polar surface area (TPSA) is 81.1 Å². The number of thiophene rings is 1. The van der Waals surface area contributed by atoms with Crippen molar-refractivity contribution in [1.29, 1.82) is 0 Å². The fraction of sp³-hybridized carbons (Fsp3) is 0.615. The zero-order valence-electron chi connectivity index (χ0n) is 11.0. The van der Waals surface area contributed by atoms with Crippen molar-refractivity contribution in [1.82, 2.24) is 0 Å². The quantitative estimate of drug-likeness (QED) is 0.741. The number of carbonyl (C=O) groups is 1. The van der Waals surface area contributed by atoms with E-state index in [1.165, 1.54) is 11.3 Å². The number of nitrogens with two attached hydrogens (primary N) is 2. The first-order valence-electron chi connectivity index (χ1n) is 6.56. The molecule has 1 fully saturated rings. The van der Waals surface area contributed by atoms with Crippen molar-refractivity contribution in [3.63, 3.8) is 0 Å². The average Bonchev–Trinajstić information content (AvgIpc) is 3.11. The highest BCUT2D eigenvalue weighted by Gasteiger charge is 2.32. The Morgan fingerprint density at radius 2 is 2.06 bits per heavy atom. The molecule has 1 aromatic heterocycles. The molecule has 0 spiro atoms. The van der Waals surface area contributed by atoms with E-state index in [0.717, 1.165) is 36.2 Å². The molecule has 1 heterocycles. The van der Waals surface area contributed by atoms with Gasteiger partial charge in [-0.05, 0) is 31.6 Å². The predicted molar refractivity (Wildman–Crippen MR) is 77.2 cm³/mol. The van der Waals surface area contributed by atoms with Crippen LogP contribution < -0.4 is 16.8 Å².